The first-order chi connectivity index (χ1) is 47.7. The Bertz CT molecular complexity index is 1950. The van der Waals surface area contributed by atoms with Gasteiger partial charge in [-0.25, -0.2) is 9.13 Å². The molecular formula is C79H150O17P2. The van der Waals surface area contributed by atoms with Crippen LogP contribution in [0.25, 0.3) is 0 Å². The van der Waals surface area contributed by atoms with Crippen molar-refractivity contribution in [2.45, 2.75) is 418 Å². The molecule has 0 aromatic heterocycles. The van der Waals surface area contributed by atoms with Crippen molar-refractivity contribution in [2.75, 3.05) is 39.6 Å². The third-order valence-electron chi connectivity index (χ3n) is 17.9. The summed E-state index contributed by atoms with van der Waals surface area (Å²) in [6, 6.07) is 0. The lowest BCUT2D eigenvalue weighted by Gasteiger charge is -2.21. The highest BCUT2D eigenvalue weighted by Crippen LogP contribution is 2.45. The van der Waals surface area contributed by atoms with E-state index in [-0.39, 0.29) is 25.7 Å². The zero-order valence-corrected chi connectivity index (χ0v) is 65.0. The van der Waals surface area contributed by atoms with Crippen molar-refractivity contribution in [3.63, 3.8) is 0 Å². The molecule has 0 aliphatic heterocycles. The zero-order chi connectivity index (χ0) is 71.8. The molecule has 578 valence electrons. The van der Waals surface area contributed by atoms with Crippen LogP contribution in [0.1, 0.15) is 400 Å². The molecule has 0 saturated heterocycles. The van der Waals surface area contributed by atoms with Gasteiger partial charge in [0.1, 0.15) is 19.3 Å². The molecule has 0 saturated carbocycles. The first-order valence-electron chi connectivity index (χ1n) is 40.6. The lowest BCUT2D eigenvalue weighted by molar-refractivity contribution is -0.161. The van der Waals surface area contributed by atoms with Crippen LogP contribution in [0.4, 0.5) is 0 Å². The number of phosphoric acid groups is 2. The lowest BCUT2D eigenvalue weighted by Crippen LogP contribution is -2.30. The van der Waals surface area contributed by atoms with E-state index in [4.69, 9.17) is 37.0 Å². The fourth-order valence-corrected chi connectivity index (χ4v) is 13.3. The molecule has 0 aromatic carbocycles. The lowest BCUT2D eigenvalue weighted by atomic mass is 10.0. The molecule has 0 aliphatic carbocycles. The summed E-state index contributed by atoms with van der Waals surface area (Å²) in [7, 11) is -9.93. The summed E-state index contributed by atoms with van der Waals surface area (Å²) in [6.45, 7) is 4.96. The molecule has 98 heavy (non-hydrogen) atoms. The maximum absolute atomic E-state index is 13.1. The molecule has 0 fully saturated rings. The van der Waals surface area contributed by atoms with Gasteiger partial charge in [0, 0.05) is 25.7 Å². The Morgan fingerprint density at radius 1 is 0.276 bits per heavy atom. The third-order valence-corrected chi connectivity index (χ3v) is 19.8. The molecule has 0 bridgehead atoms. The maximum atomic E-state index is 13.1. The van der Waals surface area contributed by atoms with Gasteiger partial charge >= 0.3 is 39.5 Å². The quantitative estimate of drug-likeness (QED) is 0.0169. The largest absolute Gasteiger partial charge is 0.472 e. The molecule has 0 spiro atoms. The predicted octanol–water partition coefficient (Wildman–Crippen LogP) is 23.3. The van der Waals surface area contributed by atoms with Crippen molar-refractivity contribution in [3.8, 4) is 0 Å². The molecule has 3 N–H and O–H groups in total. The summed E-state index contributed by atoms with van der Waals surface area (Å²) < 4.78 is 68.6. The van der Waals surface area contributed by atoms with E-state index in [0.29, 0.717) is 25.7 Å². The second-order valence-electron chi connectivity index (χ2n) is 27.7. The number of carbonyl (C=O) groups excluding carboxylic acids is 4. The molecule has 0 radical (unpaired) electrons. The Morgan fingerprint density at radius 2 is 0.469 bits per heavy atom. The highest BCUT2D eigenvalue weighted by atomic mass is 31.2. The van der Waals surface area contributed by atoms with Gasteiger partial charge in [-0.1, -0.05) is 322 Å². The number of esters is 4. The van der Waals surface area contributed by atoms with Crippen molar-refractivity contribution >= 4 is 39.5 Å². The van der Waals surface area contributed by atoms with Gasteiger partial charge in [-0.3, -0.25) is 37.3 Å². The fraction of sp³-hybridized carbons (Fsp3) is 0.899. The monoisotopic (exact) mass is 1430 g/mol. The molecule has 0 aromatic rings. The van der Waals surface area contributed by atoms with Gasteiger partial charge in [0.2, 0.25) is 0 Å². The van der Waals surface area contributed by atoms with Gasteiger partial charge in [0.05, 0.1) is 26.4 Å². The van der Waals surface area contributed by atoms with E-state index >= 15 is 0 Å². The van der Waals surface area contributed by atoms with Gasteiger partial charge in [-0.05, 0) is 77.0 Å². The van der Waals surface area contributed by atoms with E-state index in [1.165, 1.54) is 199 Å². The number of aliphatic hydroxyl groups excluding tert-OH is 1. The average molecular weight is 1430 g/mol. The number of hydrogen-bond acceptors (Lipinski definition) is 15. The Kier molecular flexibility index (Phi) is 71.0. The van der Waals surface area contributed by atoms with Gasteiger partial charge in [-0.15, -0.1) is 0 Å². The second kappa shape index (κ2) is 72.9. The standard InChI is InChI=1S/C79H150O17P2/c1-5-9-13-17-21-25-29-33-36-40-44-48-52-56-60-64-77(82)90-70-75(96-79(84)66-62-58-54-50-46-42-38-35-31-27-23-19-15-11-7-3)72-94-98(87,88)92-68-73(80)67-91-97(85,86)93-71-74(69-89-76(81)63-59-55-51-47-43-39-32-28-24-20-16-12-8-4)95-78(83)65-61-57-53-49-45-41-37-34-30-26-22-18-14-10-6-2/h25,29,35,38,73-75,80H,5-24,26-28,30-34,36-37,39-72H2,1-4H3,(H,85,86)(H,87,88)/b29-25-,38-35-/t73-,74+,75+/m0/s1. The summed E-state index contributed by atoms with van der Waals surface area (Å²) in [5, 5.41) is 10.6. The average Bonchev–Trinajstić information content (AvgIpc) is 1.04. The van der Waals surface area contributed by atoms with Crippen molar-refractivity contribution in [1.82, 2.24) is 0 Å². The van der Waals surface area contributed by atoms with Crippen LogP contribution in [0.3, 0.4) is 0 Å². The van der Waals surface area contributed by atoms with Crippen LogP contribution in [-0.4, -0.2) is 96.7 Å². The number of aliphatic hydroxyl groups is 1. The van der Waals surface area contributed by atoms with Crippen LogP contribution < -0.4 is 0 Å². The third kappa shape index (κ3) is 71.9. The second-order valence-corrected chi connectivity index (χ2v) is 30.6. The summed E-state index contributed by atoms with van der Waals surface area (Å²) >= 11 is 0. The smallest absolute Gasteiger partial charge is 0.462 e. The molecule has 2 unspecified atom stereocenters. The number of rotatable bonds is 78. The van der Waals surface area contributed by atoms with Gasteiger partial charge in [0.15, 0.2) is 12.2 Å². The normalized spacial score (nSPS) is 14.0. The van der Waals surface area contributed by atoms with E-state index in [1.807, 2.05) is 0 Å². The Balaban J connectivity index is 5.30. The Morgan fingerprint density at radius 3 is 0.714 bits per heavy atom. The van der Waals surface area contributed by atoms with E-state index in [2.05, 4.69) is 52.0 Å². The number of carbonyl (C=O) groups is 4. The highest BCUT2D eigenvalue weighted by molar-refractivity contribution is 7.47. The van der Waals surface area contributed by atoms with Crippen molar-refractivity contribution < 1.29 is 80.2 Å². The van der Waals surface area contributed by atoms with Crippen LogP contribution in [0.5, 0.6) is 0 Å². The summed E-state index contributed by atoms with van der Waals surface area (Å²) in [6.07, 6.45) is 67.2. The zero-order valence-electron chi connectivity index (χ0n) is 63.2. The van der Waals surface area contributed by atoms with Crippen molar-refractivity contribution in [1.29, 1.82) is 0 Å². The first kappa shape index (κ1) is 95.5. The number of unbranched alkanes of at least 4 members (excludes halogenated alkanes) is 48. The fourth-order valence-electron chi connectivity index (χ4n) is 11.7. The van der Waals surface area contributed by atoms with E-state index in [1.54, 1.807) is 0 Å². The number of allylic oxidation sites excluding steroid dienone is 4. The van der Waals surface area contributed by atoms with Crippen molar-refractivity contribution in [2.24, 2.45) is 0 Å². The van der Waals surface area contributed by atoms with Gasteiger partial charge in [-0.2, -0.15) is 0 Å². The summed E-state index contributed by atoms with van der Waals surface area (Å²) in [5.41, 5.74) is 0. The number of ether oxygens (including phenoxy) is 4. The molecule has 0 rings (SSSR count). The SMILES string of the molecule is CCCCCC/C=C\CCCCCCCCCC(=O)OC[C@H](COP(=O)(O)OC[C@@H](O)COP(=O)(O)OC[C@@H](COC(=O)CCCCCCCCCCCCCCC)OC(=O)CCCCCCCCCCCCCCCCC)OC(=O)CCCCCCC/C=C\CCCCCCCC. The van der Waals surface area contributed by atoms with E-state index in [9.17, 15) is 43.2 Å². The van der Waals surface area contributed by atoms with Crippen LogP contribution >= 0.6 is 15.6 Å². The maximum Gasteiger partial charge on any atom is 0.472 e. The molecular weight excluding hydrogens is 1280 g/mol. The minimum atomic E-state index is -4.97. The molecule has 0 amide bonds. The van der Waals surface area contributed by atoms with Crippen LogP contribution in [0.2, 0.25) is 0 Å². The Hall–Kier alpha value is -2.46. The molecule has 0 heterocycles. The molecule has 19 heteroatoms. The molecule has 0 aliphatic rings. The van der Waals surface area contributed by atoms with Crippen LogP contribution in [0.15, 0.2) is 24.3 Å². The van der Waals surface area contributed by atoms with E-state index in [0.717, 1.165) is 122 Å². The van der Waals surface area contributed by atoms with E-state index < -0.39 is 97.5 Å². The molecule has 17 nitrogen and oxygen atoms in total. The van der Waals surface area contributed by atoms with Crippen LogP contribution in [0, 0.1) is 0 Å². The highest BCUT2D eigenvalue weighted by Gasteiger charge is 2.30. The topological polar surface area (TPSA) is 237 Å². The van der Waals surface area contributed by atoms with Crippen LogP contribution in [-0.2, 0) is 65.4 Å². The first-order valence-corrected chi connectivity index (χ1v) is 43.6. The number of phosphoric ester groups is 2. The summed E-state index contributed by atoms with van der Waals surface area (Å²) in [4.78, 5) is 73.0. The van der Waals surface area contributed by atoms with Gasteiger partial charge in [0.25, 0.3) is 0 Å². The van der Waals surface area contributed by atoms with Gasteiger partial charge < -0.3 is 33.8 Å². The summed E-state index contributed by atoms with van der Waals surface area (Å²) in [5.74, 6) is -2.14. The predicted molar refractivity (Wildman–Crippen MR) is 400 cm³/mol. The minimum Gasteiger partial charge on any atom is -0.462 e. The minimum absolute atomic E-state index is 0.0920. The number of hydrogen-bond donors (Lipinski definition) is 3. The molecule has 5 atom stereocenters. The Labute approximate surface area is 599 Å². The van der Waals surface area contributed by atoms with Crippen molar-refractivity contribution in [3.05, 3.63) is 24.3 Å².